The summed E-state index contributed by atoms with van der Waals surface area (Å²) in [6.07, 6.45) is 0. The predicted molar refractivity (Wildman–Crippen MR) is 69.7 cm³/mol. The number of hydrogen-bond donors (Lipinski definition) is 1. The highest BCUT2D eigenvalue weighted by molar-refractivity contribution is 5.67. The second kappa shape index (κ2) is 5.09. The average Bonchev–Trinajstić information content (AvgIpc) is 2.43. The number of nitrogens with two attached hydrogens (primary N) is 1. The van der Waals surface area contributed by atoms with Gasteiger partial charge in [0.15, 0.2) is 17.5 Å². The minimum Gasteiger partial charge on any atom is -0.497 e. The molecule has 2 rings (SSSR count). The van der Waals surface area contributed by atoms with Gasteiger partial charge in [-0.05, 0) is 25.1 Å². The SMILES string of the molecule is COc1ccc(OC)c(-c2nc(C)c(F)c(N)n2)c1. The number of hydrogen-bond acceptors (Lipinski definition) is 5. The number of halogens is 1. The Hall–Kier alpha value is -2.37. The van der Waals surface area contributed by atoms with Crippen molar-refractivity contribution in [3.63, 3.8) is 0 Å². The van der Waals surface area contributed by atoms with Gasteiger partial charge in [-0.1, -0.05) is 0 Å². The van der Waals surface area contributed by atoms with Gasteiger partial charge in [0.2, 0.25) is 0 Å². The summed E-state index contributed by atoms with van der Waals surface area (Å²) in [5, 5.41) is 0. The summed E-state index contributed by atoms with van der Waals surface area (Å²) in [6.45, 7) is 1.53. The van der Waals surface area contributed by atoms with Crippen LogP contribution in [-0.2, 0) is 0 Å². The van der Waals surface area contributed by atoms with Crippen molar-refractivity contribution in [2.75, 3.05) is 20.0 Å². The van der Waals surface area contributed by atoms with Crippen LogP contribution in [0.4, 0.5) is 10.2 Å². The van der Waals surface area contributed by atoms with Gasteiger partial charge < -0.3 is 15.2 Å². The van der Waals surface area contributed by atoms with Crippen molar-refractivity contribution in [2.45, 2.75) is 6.92 Å². The van der Waals surface area contributed by atoms with Gasteiger partial charge in [-0.15, -0.1) is 0 Å². The number of aromatic nitrogens is 2. The molecule has 6 heteroatoms. The standard InChI is InChI=1S/C13H14FN3O2/c1-7-11(14)12(15)17-13(16-7)9-6-8(18-2)4-5-10(9)19-3/h4-6H,1-3H3,(H2,15,16,17). The van der Waals surface area contributed by atoms with Crippen molar-refractivity contribution in [3.8, 4) is 22.9 Å². The molecule has 2 aromatic rings. The fourth-order valence-corrected chi connectivity index (χ4v) is 1.69. The minimum absolute atomic E-state index is 0.187. The molecule has 19 heavy (non-hydrogen) atoms. The Bertz CT molecular complexity index is 594. The molecule has 0 amide bonds. The first-order valence-corrected chi connectivity index (χ1v) is 5.58. The lowest BCUT2D eigenvalue weighted by molar-refractivity contribution is 0.404. The van der Waals surface area contributed by atoms with Gasteiger partial charge in [-0.2, -0.15) is 0 Å². The molecule has 0 unspecified atom stereocenters. The zero-order valence-corrected chi connectivity index (χ0v) is 10.9. The molecule has 0 spiro atoms. The maximum Gasteiger partial charge on any atom is 0.186 e. The van der Waals surface area contributed by atoms with Gasteiger partial charge >= 0.3 is 0 Å². The Morgan fingerprint density at radius 1 is 1.16 bits per heavy atom. The first-order chi connectivity index (χ1) is 9.06. The number of ether oxygens (including phenoxy) is 2. The highest BCUT2D eigenvalue weighted by Crippen LogP contribution is 2.32. The summed E-state index contributed by atoms with van der Waals surface area (Å²) in [7, 11) is 3.09. The van der Waals surface area contributed by atoms with E-state index < -0.39 is 5.82 Å². The van der Waals surface area contributed by atoms with Crippen molar-refractivity contribution in [3.05, 3.63) is 29.7 Å². The van der Waals surface area contributed by atoms with Crippen molar-refractivity contribution in [1.82, 2.24) is 9.97 Å². The quantitative estimate of drug-likeness (QED) is 0.919. The summed E-state index contributed by atoms with van der Waals surface area (Å²) in [5.74, 6) is 0.691. The molecule has 100 valence electrons. The summed E-state index contributed by atoms with van der Waals surface area (Å²) >= 11 is 0. The number of anilines is 1. The van der Waals surface area contributed by atoms with Crippen LogP contribution in [0, 0.1) is 12.7 Å². The van der Waals surface area contributed by atoms with E-state index in [-0.39, 0.29) is 11.5 Å². The lowest BCUT2D eigenvalue weighted by atomic mass is 10.1. The maximum atomic E-state index is 13.4. The normalized spacial score (nSPS) is 10.3. The Kier molecular flexibility index (Phi) is 3.50. The molecule has 1 aromatic heterocycles. The molecule has 0 atom stereocenters. The monoisotopic (exact) mass is 263 g/mol. The zero-order chi connectivity index (χ0) is 14.0. The highest BCUT2D eigenvalue weighted by atomic mass is 19.1. The molecule has 0 saturated carbocycles. The molecular formula is C13H14FN3O2. The smallest absolute Gasteiger partial charge is 0.186 e. The molecule has 2 N–H and O–H groups in total. The minimum atomic E-state index is -0.606. The Morgan fingerprint density at radius 3 is 2.47 bits per heavy atom. The number of rotatable bonds is 3. The fourth-order valence-electron chi connectivity index (χ4n) is 1.69. The predicted octanol–water partition coefficient (Wildman–Crippen LogP) is 2.19. The van der Waals surface area contributed by atoms with Crippen LogP contribution in [0.5, 0.6) is 11.5 Å². The lowest BCUT2D eigenvalue weighted by Gasteiger charge is -2.10. The molecule has 1 aromatic carbocycles. The Morgan fingerprint density at radius 2 is 1.89 bits per heavy atom. The van der Waals surface area contributed by atoms with Crippen LogP contribution in [0.2, 0.25) is 0 Å². The molecule has 1 heterocycles. The van der Waals surface area contributed by atoms with Crippen LogP contribution in [0.1, 0.15) is 5.69 Å². The van der Waals surface area contributed by atoms with Crippen molar-refractivity contribution in [2.24, 2.45) is 0 Å². The third kappa shape index (κ3) is 2.42. The number of nitrogens with zero attached hydrogens (tertiary/aromatic N) is 2. The summed E-state index contributed by atoms with van der Waals surface area (Å²) in [5.41, 5.74) is 6.30. The van der Waals surface area contributed by atoms with Gasteiger partial charge in [0.05, 0.1) is 25.5 Å². The van der Waals surface area contributed by atoms with Crippen molar-refractivity contribution in [1.29, 1.82) is 0 Å². The van der Waals surface area contributed by atoms with E-state index in [1.54, 1.807) is 25.3 Å². The number of methoxy groups -OCH3 is 2. The van der Waals surface area contributed by atoms with E-state index in [1.807, 2.05) is 0 Å². The molecule has 5 nitrogen and oxygen atoms in total. The van der Waals surface area contributed by atoms with Crippen LogP contribution >= 0.6 is 0 Å². The van der Waals surface area contributed by atoms with E-state index in [9.17, 15) is 4.39 Å². The van der Waals surface area contributed by atoms with Gasteiger partial charge in [0.1, 0.15) is 11.5 Å². The molecule has 0 aliphatic carbocycles. The van der Waals surface area contributed by atoms with Gasteiger partial charge in [0.25, 0.3) is 0 Å². The average molecular weight is 263 g/mol. The first kappa shape index (κ1) is 13.1. The molecule has 0 saturated heterocycles. The molecule has 0 bridgehead atoms. The summed E-state index contributed by atoms with van der Waals surface area (Å²) in [4.78, 5) is 8.03. The second-order valence-electron chi connectivity index (χ2n) is 3.90. The van der Waals surface area contributed by atoms with Crippen molar-refractivity contribution < 1.29 is 13.9 Å². The van der Waals surface area contributed by atoms with E-state index in [1.165, 1.54) is 14.0 Å². The van der Waals surface area contributed by atoms with Gasteiger partial charge in [-0.25, -0.2) is 14.4 Å². The number of aryl methyl sites for hydroxylation is 1. The number of benzene rings is 1. The lowest BCUT2D eigenvalue weighted by Crippen LogP contribution is -2.03. The molecule has 0 aliphatic rings. The van der Waals surface area contributed by atoms with Crippen LogP contribution in [0.3, 0.4) is 0 Å². The van der Waals surface area contributed by atoms with E-state index >= 15 is 0 Å². The Balaban J connectivity index is 2.63. The van der Waals surface area contributed by atoms with E-state index in [4.69, 9.17) is 15.2 Å². The Labute approximate surface area is 110 Å². The third-order valence-electron chi connectivity index (χ3n) is 2.69. The maximum absolute atomic E-state index is 13.4. The molecule has 0 radical (unpaired) electrons. The summed E-state index contributed by atoms with van der Waals surface area (Å²) < 4.78 is 23.8. The first-order valence-electron chi connectivity index (χ1n) is 5.58. The van der Waals surface area contributed by atoms with Crippen molar-refractivity contribution >= 4 is 5.82 Å². The topological polar surface area (TPSA) is 70.3 Å². The van der Waals surface area contributed by atoms with Crippen LogP contribution < -0.4 is 15.2 Å². The molecule has 0 fully saturated rings. The third-order valence-corrected chi connectivity index (χ3v) is 2.69. The van der Waals surface area contributed by atoms with Gasteiger partial charge in [0, 0.05) is 0 Å². The molecular weight excluding hydrogens is 249 g/mol. The van der Waals surface area contributed by atoms with Crippen LogP contribution in [-0.4, -0.2) is 24.2 Å². The zero-order valence-electron chi connectivity index (χ0n) is 10.9. The van der Waals surface area contributed by atoms with Gasteiger partial charge in [-0.3, -0.25) is 0 Å². The van der Waals surface area contributed by atoms with E-state index in [0.29, 0.717) is 22.9 Å². The van der Waals surface area contributed by atoms with Crippen LogP contribution in [0.15, 0.2) is 18.2 Å². The fraction of sp³-hybridized carbons (Fsp3) is 0.231. The molecule has 0 aliphatic heterocycles. The number of nitrogen functional groups attached to an aromatic ring is 1. The largest absolute Gasteiger partial charge is 0.497 e. The van der Waals surface area contributed by atoms with E-state index in [2.05, 4.69) is 9.97 Å². The highest BCUT2D eigenvalue weighted by Gasteiger charge is 2.14. The summed E-state index contributed by atoms with van der Waals surface area (Å²) in [6, 6.07) is 5.19. The van der Waals surface area contributed by atoms with Crippen LogP contribution in [0.25, 0.3) is 11.4 Å². The second-order valence-corrected chi connectivity index (χ2v) is 3.90. The van der Waals surface area contributed by atoms with E-state index in [0.717, 1.165) is 0 Å².